The lowest BCUT2D eigenvalue weighted by molar-refractivity contribution is 0.262. The Hall–Kier alpha value is -5.20. The molecule has 254 valence electrons. The Morgan fingerprint density at radius 2 is 1.56 bits per heavy atom. The van der Waals surface area contributed by atoms with Crippen LogP contribution in [0, 0.1) is 0 Å². The lowest BCUT2D eigenvalue weighted by Crippen LogP contribution is -2.21. The molecule has 7 rings (SSSR count). The number of fused-ring (bicyclic) bond motifs is 1. The maximum absolute atomic E-state index is 13.6. The van der Waals surface area contributed by atoms with E-state index < -0.39 is 13.2 Å². The summed E-state index contributed by atoms with van der Waals surface area (Å²) >= 11 is 0. The lowest BCUT2D eigenvalue weighted by atomic mass is 9.92. The normalized spacial score (nSPS) is 14.1. The Kier molecular flexibility index (Phi) is 9.30. The molecule has 0 radical (unpaired) electrons. The van der Waals surface area contributed by atoms with Gasteiger partial charge in [-0.2, -0.15) is 5.10 Å². The SMILES string of the molecule is CC(C)(C)c1cc(NC(=O)Nc2ccc(Oc3ccnc(Cc4ccccc4)c3)c3ccccc23)n(-c2cccc(CP3(=O)CCCC3)c2)n1. The van der Waals surface area contributed by atoms with Gasteiger partial charge in [0.25, 0.3) is 0 Å². The molecule has 0 spiro atoms. The summed E-state index contributed by atoms with van der Waals surface area (Å²) in [5.74, 6) is 1.92. The first kappa shape index (κ1) is 33.3. The third-order valence-corrected chi connectivity index (χ3v) is 12.3. The van der Waals surface area contributed by atoms with Crippen molar-refractivity contribution >= 4 is 35.5 Å². The number of urea groups is 1. The van der Waals surface area contributed by atoms with Crippen molar-refractivity contribution in [3.8, 4) is 17.2 Å². The Balaban J connectivity index is 1.12. The van der Waals surface area contributed by atoms with E-state index >= 15 is 0 Å². The number of amides is 2. The van der Waals surface area contributed by atoms with Crippen molar-refractivity contribution in [3.05, 3.63) is 138 Å². The van der Waals surface area contributed by atoms with Gasteiger partial charge < -0.3 is 14.6 Å². The molecule has 8 nitrogen and oxygen atoms in total. The molecule has 2 N–H and O–H groups in total. The van der Waals surface area contributed by atoms with E-state index in [9.17, 15) is 9.36 Å². The summed E-state index contributed by atoms with van der Waals surface area (Å²) in [6.45, 7) is 6.28. The summed E-state index contributed by atoms with van der Waals surface area (Å²) in [7, 11) is -2.18. The van der Waals surface area contributed by atoms with Gasteiger partial charge in [0.15, 0.2) is 0 Å². The highest BCUT2D eigenvalue weighted by Gasteiger charge is 2.27. The van der Waals surface area contributed by atoms with E-state index in [1.54, 1.807) is 10.9 Å². The maximum atomic E-state index is 13.6. The van der Waals surface area contributed by atoms with Gasteiger partial charge in [-0.3, -0.25) is 10.3 Å². The van der Waals surface area contributed by atoms with E-state index in [2.05, 4.69) is 48.5 Å². The van der Waals surface area contributed by atoms with Crippen LogP contribution in [0.5, 0.6) is 11.5 Å². The molecular weight excluding hydrogens is 641 g/mol. The van der Waals surface area contributed by atoms with Gasteiger partial charge in [-0.25, -0.2) is 9.48 Å². The number of anilines is 2. The highest BCUT2D eigenvalue weighted by Crippen LogP contribution is 2.54. The number of ether oxygens (including phenoxy) is 1. The smallest absolute Gasteiger partial charge is 0.324 e. The van der Waals surface area contributed by atoms with Gasteiger partial charge in [0.2, 0.25) is 0 Å². The number of nitrogens with one attached hydrogen (secondary N) is 2. The second kappa shape index (κ2) is 14.0. The molecule has 1 aliphatic heterocycles. The zero-order valence-corrected chi connectivity index (χ0v) is 29.6. The van der Waals surface area contributed by atoms with Gasteiger partial charge in [0, 0.05) is 65.1 Å². The van der Waals surface area contributed by atoms with Crippen molar-refractivity contribution in [1.82, 2.24) is 14.8 Å². The van der Waals surface area contributed by atoms with Gasteiger partial charge in [-0.15, -0.1) is 0 Å². The van der Waals surface area contributed by atoms with Gasteiger partial charge in [-0.1, -0.05) is 87.5 Å². The van der Waals surface area contributed by atoms with Gasteiger partial charge in [0.1, 0.15) is 17.3 Å². The van der Waals surface area contributed by atoms with Crippen LogP contribution in [0.2, 0.25) is 0 Å². The van der Waals surface area contributed by atoms with Crippen LogP contribution < -0.4 is 15.4 Å². The summed E-state index contributed by atoms with van der Waals surface area (Å²) in [4.78, 5) is 18.2. The molecule has 9 heteroatoms. The minimum Gasteiger partial charge on any atom is -0.457 e. The molecule has 2 aromatic heterocycles. The number of aromatic nitrogens is 3. The molecule has 50 heavy (non-hydrogen) atoms. The van der Waals surface area contributed by atoms with Crippen molar-refractivity contribution in [3.63, 3.8) is 0 Å². The predicted molar refractivity (Wildman–Crippen MR) is 203 cm³/mol. The Bertz CT molecular complexity index is 2200. The first-order valence-electron chi connectivity index (χ1n) is 17.2. The molecule has 0 atom stereocenters. The Morgan fingerprint density at radius 1 is 0.820 bits per heavy atom. The summed E-state index contributed by atoms with van der Waals surface area (Å²) in [6, 6.07) is 35.2. The average Bonchev–Trinajstić information content (AvgIpc) is 3.73. The third kappa shape index (κ3) is 7.66. The molecule has 1 saturated heterocycles. The van der Waals surface area contributed by atoms with E-state index in [1.807, 2.05) is 97.1 Å². The molecule has 0 unspecified atom stereocenters. The fourth-order valence-corrected chi connectivity index (χ4v) is 9.51. The zero-order valence-electron chi connectivity index (χ0n) is 28.7. The van der Waals surface area contributed by atoms with Crippen LogP contribution in [0.25, 0.3) is 16.5 Å². The number of carbonyl (C=O) groups is 1. The van der Waals surface area contributed by atoms with E-state index in [0.29, 0.717) is 35.6 Å². The molecule has 3 heterocycles. The molecular formula is C41H42N5O3P. The molecule has 1 aliphatic rings. The van der Waals surface area contributed by atoms with Crippen LogP contribution in [-0.4, -0.2) is 33.1 Å². The van der Waals surface area contributed by atoms with Crippen LogP contribution >= 0.6 is 7.14 Å². The van der Waals surface area contributed by atoms with E-state index in [0.717, 1.165) is 58.6 Å². The summed E-state index contributed by atoms with van der Waals surface area (Å²) < 4.78 is 21.5. The predicted octanol–water partition coefficient (Wildman–Crippen LogP) is 10.4. The van der Waals surface area contributed by atoms with Gasteiger partial charge in [0.05, 0.1) is 24.2 Å². The Labute approximate surface area is 293 Å². The van der Waals surface area contributed by atoms with Crippen molar-refractivity contribution in [2.75, 3.05) is 23.0 Å². The number of pyridine rings is 1. The quantitative estimate of drug-likeness (QED) is 0.148. The molecule has 0 saturated carbocycles. The number of rotatable bonds is 9. The third-order valence-electron chi connectivity index (χ3n) is 9.10. The van der Waals surface area contributed by atoms with Crippen LogP contribution in [0.4, 0.5) is 16.3 Å². The summed E-state index contributed by atoms with van der Waals surface area (Å²) in [5, 5.41) is 12.7. The van der Waals surface area contributed by atoms with Gasteiger partial charge >= 0.3 is 6.03 Å². The highest BCUT2D eigenvalue weighted by molar-refractivity contribution is 7.63. The molecule has 0 bridgehead atoms. The number of hydrogen-bond donors (Lipinski definition) is 2. The van der Waals surface area contributed by atoms with Crippen LogP contribution in [0.1, 0.15) is 56.1 Å². The van der Waals surface area contributed by atoms with Crippen LogP contribution in [0.15, 0.2) is 115 Å². The second-order valence-corrected chi connectivity index (χ2v) is 17.4. The van der Waals surface area contributed by atoms with Crippen molar-refractivity contribution in [1.29, 1.82) is 0 Å². The summed E-state index contributed by atoms with van der Waals surface area (Å²) in [5.41, 5.74) is 5.19. The molecule has 6 aromatic rings. The zero-order chi connectivity index (χ0) is 34.7. The Morgan fingerprint density at radius 3 is 2.34 bits per heavy atom. The monoisotopic (exact) mass is 683 g/mol. The fourth-order valence-electron chi connectivity index (χ4n) is 6.51. The van der Waals surface area contributed by atoms with Crippen LogP contribution in [-0.2, 0) is 22.6 Å². The van der Waals surface area contributed by atoms with E-state index in [-0.39, 0.29) is 5.41 Å². The van der Waals surface area contributed by atoms with Crippen molar-refractivity contribution in [2.45, 2.75) is 51.6 Å². The van der Waals surface area contributed by atoms with Crippen molar-refractivity contribution < 1.29 is 14.1 Å². The standard InChI is InChI=1S/C41H42N5O3P/c1-41(2,3)38-27-39(46(45-38)32-15-11-14-30(25-32)28-50(48)22-9-10-23-50)44-40(47)43-36-18-19-37(35-17-8-7-16-34(35)36)49-33-20-21-42-31(26-33)24-29-12-5-4-6-13-29/h4-8,11-21,25-27H,9-10,22-24,28H2,1-3H3,(H2,43,44,47). The molecule has 1 fully saturated rings. The van der Waals surface area contributed by atoms with Crippen LogP contribution in [0.3, 0.4) is 0 Å². The van der Waals surface area contributed by atoms with E-state index in [4.69, 9.17) is 9.84 Å². The second-order valence-electron chi connectivity index (χ2n) is 14.1. The van der Waals surface area contributed by atoms with Crippen molar-refractivity contribution in [2.24, 2.45) is 0 Å². The number of hydrogen-bond acceptors (Lipinski definition) is 5. The molecule has 2 amide bonds. The minimum absolute atomic E-state index is 0.243. The summed E-state index contributed by atoms with van der Waals surface area (Å²) in [6.07, 6.45) is 6.79. The lowest BCUT2D eigenvalue weighted by Gasteiger charge is -2.15. The topological polar surface area (TPSA) is 98.1 Å². The number of benzene rings is 4. The molecule has 0 aliphatic carbocycles. The average molecular weight is 684 g/mol. The maximum Gasteiger partial charge on any atom is 0.324 e. The highest BCUT2D eigenvalue weighted by atomic mass is 31.2. The first-order valence-corrected chi connectivity index (χ1v) is 19.4. The largest absolute Gasteiger partial charge is 0.457 e. The minimum atomic E-state index is -2.18. The van der Waals surface area contributed by atoms with E-state index in [1.165, 1.54) is 5.56 Å². The van der Waals surface area contributed by atoms with Gasteiger partial charge in [-0.05, 0) is 54.3 Å². The number of carbonyl (C=O) groups excluding carboxylic acids is 1. The fraction of sp³-hybridized carbons (Fsp3) is 0.244. The number of nitrogens with zero attached hydrogens (tertiary/aromatic N) is 3. The molecule has 4 aromatic carbocycles. The first-order chi connectivity index (χ1) is 24.1.